The van der Waals surface area contributed by atoms with E-state index in [4.69, 9.17) is 4.74 Å². The van der Waals surface area contributed by atoms with E-state index in [0.717, 1.165) is 18.7 Å². The lowest BCUT2D eigenvalue weighted by Crippen LogP contribution is -2.14. The molecule has 0 amide bonds. The maximum Gasteiger partial charge on any atom is 0.113 e. The SMILES string of the molecule is C=CC=CC(=C)OCc1ccc(CNCCCCCC)cc1. The Morgan fingerprint density at radius 3 is 2.55 bits per heavy atom. The molecule has 1 rings (SSSR count). The van der Waals surface area contributed by atoms with Crippen LogP contribution in [0.2, 0.25) is 0 Å². The topological polar surface area (TPSA) is 21.3 Å². The van der Waals surface area contributed by atoms with Gasteiger partial charge in [0.25, 0.3) is 0 Å². The number of hydrogen-bond donors (Lipinski definition) is 1. The van der Waals surface area contributed by atoms with Gasteiger partial charge in [-0.2, -0.15) is 0 Å². The minimum Gasteiger partial charge on any atom is -0.490 e. The van der Waals surface area contributed by atoms with E-state index in [1.54, 1.807) is 6.08 Å². The van der Waals surface area contributed by atoms with Crippen LogP contribution in [-0.2, 0) is 17.9 Å². The number of allylic oxidation sites excluding steroid dienone is 3. The van der Waals surface area contributed by atoms with Gasteiger partial charge in [0.15, 0.2) is 0 Å². The van der Waals surface area contributed by atoms with Crippen LogP contribution in [0.5, 0.6) is 0 Å². The second-order valence-corrected chi connectivity index (χ2v) is 5.40. The molecule has 0 fully saturated rings. The second kappa shape index (κ2) is 11.8. The molecule has 0 saturated heterocycles. The Morgan fingerprint density at radius 2 is 1.86 bits per heavy atom. The predicted octanol–water partition coefficient (Wildman–Crippen LogP) is 5.13. The van der Waals surface area contributed by atoms with Crippen LogP contribution in [0.3, 0.4) is 0 Å². The highest BCUT2D eigenvalue weighted by molar-refractivity contribution is 5.22. The Balaban J connectivity index is 2.23. The Labute approximate surface area is 135 Å². The molecule has 0 spiro atoms. The molecule has 1 aromatic carbocycles. The number of rotatable bonds is 12. The van der Waals surface area contributed by atoms with Crippen molar-refractivity contribution in [1.29, 1.82) is 0 Å². The molecule has 22 heavy (non-hydrogen) atoms. The van der Waals surface area contributed by atoms with E-state index in [2.05, 4.69) is 49.7 Å². The number of ether oxygens (including phenoxy) is 1. The smallest absolute Gasteiger partial charge is 0.113 e. The van der Waals surface area contributed by atoms with Crippen LogP contribution in [0.25, 0.3) is 0 Å². The minimum absolute atomic E-state index is 0.547. The molecule has 1 N–H and O–H groups in total. The van der Waals surface area contributed by atoms with E-state index in [-0.39, 0.29) is 0 Å². The Bertz CT molecular complexity index is 459. The summed E-state index contributed by atoms with van der Waals surface area (Å²) in [5.41, 5.74) is 2.46. The van der Waals surface area contributed by atoms with Gasteiger partial charge in [-0.05, 0) is 30.2 Å². The van der Waals surface area contributed by atoms with Crippen molar-refractivity contribution >= 4 is 0 Å². The molecule has 0 aliphatic rings. The van der Waals surface area contributed by atoms with E-state index >= 15 is 0 Å². The molecule has 0 bridgehead atoms. The Morgan fingerprint density at radius 1 is 1.14 bits per heavy atom. The molecule has 0 saturated carbocycles. The highest BCUT2D eigenvalue weighted by Crippen LogP contribution is 2.08. The summed E-state index contributed by atoms with van der Waals surface area (Å²) in [4.78, 5) is 0. The summed E-state index contributed by atoms with van der Waals surface area (Å²) < 4.78 is 5.56. The maximum atomic E-state index is 5.56. The van der Waals surface area contributed by atoms with Crippen molar-refractivity contribution < 1.29 is 4.74 Å². The van der Waals surface area contributed by atoms with Gasteiger partial charge in [-0.25, -0.2) is 0 Å². The van der Waals surface area contributed by atoms with Crippen LogP contribution in [-0.4, -0.2) is 6.54 Å². The number of nitrogens with one attached hydrogen (secondary N) is 1. The zero-order valence-electron chi connectivity index (χ0n) is 13.8. The maximum absolute atomic E-state index is 5.56. The van der Waals surface area contributed by atoms with Crippen molar-refractivity contribution in [3.63, 3.8) is 0 Å². The molecule has 0 aliphatic carbocycles. The summed E-state index contributed by atoms with van der Waals surface area (Å²) in [5.74, 6) is 0.651. The van der Waals surface area contributed by atoms with Crippen LogP contribution in [0.4, 0.5) is 0 Å². The van der Waals surface area contributed by atoms with Gasteiger partial charge in [0, 0.05) is 6.54 Å². The molecule has 120 valence electrons. The van der Waals surface area contributed by atoms with Gasteiger partial charge in [0.1, 0.15) is 12.4 Å². The minimum atomic E-state index is 0.547. The summed E-state index contributed by atoms with van der Waals surface area (Å²) in [7, 11) is 0. The lowest BCUT2D eigenvalue weighted by Gasteiger charge is -2.08. The molecule has 1 aromatic rings. The third kappa shape index (κ3) is 8.48. The average Bonchev–Trinajstić information content (AvgIpc) is 2.55. The molecule has 2 heteroatoms. The fraction of sp³-hybridized carbons (Fsp3) is 0.400. The monoisotopic (exact) mass is 299 g/mol. The first-order valence-electron chi connectivity index (χ1n) is 8.15. The zero-order valence-corrected chi connectivity index (χ0v) is 13.8. The third-order valence-electron chi connectivity index (χ3n) is 3.40. The van der Waals surface area contributed by atoms with Gasteiger partial charge in [0.2, 0.25) is 0 Å². The molecule has 0 unspecified atom stereocenters. The average molecular weight is 299 g/mol. The summed E-state index contributed by atoms with van der Waals surface area (Å²) in [5, 5.41) is 3.49. The highest BCUT2D eigenvalue weighted by Gasteiger charge is 1.97. The number of benzene rings is 1. The van der Waals surface area contributed by atoms with Gasteiger partial charge in [-0.15, -0.1) is 0 Å². The molecule has 0 aromatic heterocycles. The van der Waals surface area contributed by atoms with E-state index < -0.39 is 0 Å². The van der Waals surface area contributed by atoms with Crippen molar-refractivity contribution in [1.82, 2.24) is 5.32 Å². The second-order valence-electron chi connectivity index (χ2n) is 5.40. The molecule has 0 aliphatic heterocycles. The first-order chi connectivity index (χ1) is 10.8. The van der Waals surface area contributed by atoms with Crippen LogP contribution in [0, 0.1) is 0 Å². The van der Waals surface area contributed by atoms with Crippen molar-refractivity contribution in [2.45, 2.75) is 45.8 Å². The largest absolute Gasteiger partial charge is 0.490 e. The summed E-state index contributed by atoms with van der Waals surface area (Å²) in [6.45, 7) is 12.3. The molecular weight excluding hydrogens is 270 g/mol. The van der Waals surface area contributed by atoms with E-state index in [1.165, 1.54) is 31.2 Å². The Hall–Kier alpha value is -1.80. The summed E-state index contributed by atoms with van der Waals surface area (Å²) >= 11 is 0. The van der Waals surface area contributed by atoms with Crippen molar-refractivity contribution in [3.8, 4) is 0 Å². The lowest BCUT2D eigenvalue weighted by atomic mass is 10.1. The van der Waals surface area contributed by atoms with Crippen LogP contribution in [0.1, 0.15) is 43.7 Å². The van der Waals surface area contributed by atoms with Crippen LogP contribution in [0.15, 0.2) is 61.4 Å². The van der Waals surface area contributed by atoms with Crippen molar-refractivity contribution in [2.24, 2.45) is 0 Å². The van der Waals surface area contributed by atoms with Crippen molar-refractivity contribution in [2.75, 3.05) is 6.54 Å². The van der Waals surface area contributed by atoms with Crippen molar-refractivity contribution in [3.05, 3.63) is 72.5 Å². The normalized spacial score (nSPS) is 10.8. The molecule has 0 heterocycles. The Kier molecular flexibility index (Phi) is 9.80. The standard InChI is InChI=1S/C20H29NO/c1-4-6-8-9-15-21-16-19-11-13-20(14-12-19)17-22-18(3)10-7-5-2/h5,7,10-14,21H,2-4,6,8-9,15-17H2,1H3. The number of unbranched alkanes of at least 4 members (excludes halogenated alkanes) is 3. The first-order valence-corrected chi connectivity index (χ1v) is 8.15. The fourth-order valence-electron chi connectivity index (χ4n) is 2.06. The quantitative estimate of drug-likeness (QED) is 0.328. The number of hydrogen-bond acceptors (Lipinski definition) is 2. The van der Waals surface area contributed by atoms with Gasteiger partial charge >= 0.3 is 0 Å². The van der Waals surface area contributed by atoms with Gasteiger partial charge < -0.3 is 10.1 Å². The van der Waals surface area contributed by atoms with E-state index in [9.17, 15) is 0 Å². The van der Waals surface area contributed by atoms with Crippen LogP contribution < -0.4 is 5.32 Å². The third-order valence-corrected chi connectivity index (χ3v) is 3.40. The zero-order chi connectivity index (χ0) is 16.0. The molecule has 0 atom stereocenters. The van der Waals surface area contributed by atoms with Gasteiger partial charge in [-0.1, -0.05) is 75.8 Å². The van der Waals surface area contributed by atoms with Gasteiger partial charge in [-0.3, -0.25) is 0 Å². The van der Waals surface area contributed by atoms with Gasteiger partial charge in [0.05, 0.1) is 0 Å². The van der Waals surface area contributed by atoms with E-state index in [1.807, 2.05) is 12.2 Å². The highest BCUT2D eigenvalue weighted by atomic mass is 16.5. The summed E-state index contributed by atoms with van der Waals surface area (Å²) in [6.07, 6.45) is 10.5. The van der Waals surface area contributed by atoms with E-state index in [0.29, 0.717) is 12.4 Å². The lowest BCUT2D eigenvalue weighted by molar-refractivity contribution is 0.212. The molecule has 2 nitrogen and oxygen atoms in total. The fourth-order valence-corrected chi connectivity index (χ4v) is 2.06. The summed E-state index contributed by atoms with van der Waals surface area (Å²) in [6, 6.07) is 8.53. The van der Waals surface area contributed by atoms with Crippen LogP contribution >= 0.6 is 0 Å². The molecule has 0 radical (unpaired) electrons. The first kappa shape index (κ1) is 18.2. The molecular formula is C20H29NO. The predicted molar refractivity (Wildman–Crippen MR) is 95.6 cm³/mol.